The predicted molar refractivity (Wildman–Crippen MR) is 72.0 cm³/mol. The maximum Gasteiger partial charge on any atom is 0.335 e. The first-order chi connectivity index (χ1) is 9.56. The largest absolute Gasteiger partial charge is 0.478 e. The van der Waals surface area contributed by atoms with Crippen LogP contribution < -0.4 is 5.32 Å². The Morgan fingerprint density at radius 1 is 1.20 bits per heavy atom. The average molecular weight is 283 g/mol. The second-order valence-electron chi connectivity index (χ2n) is 5.33. The number of alkyl halides is 2. The van der Waals surface area contributed by atoms with Crippen molar-refractivity contribution in [3.05, 3.63) is 35.4 Å². The van der Waals surface area contributed by atoms with Gasteiger partial charge < -0.3 is 10.4 Å². The Kier molecular flexibility index (Phi) is 5.06. The van der Waals surface area contributed by atoms with Crippen LogP contribution in [0.3, 0.4) is 0 Å². The van der Waals surface area contributed by atoms with Crippen LogP contribution in [0.25, 0.3) is 0 Å². The molecule has 0 aromatic heterocycles. The van der Waals surface area contributed by atoms with Crippen molar-refractivity contribution >= 4 is 5.97 Å². The lowest BCUT2D eigenvalue weighted by Crippen LogP contribution is -2.34. The van der Waals surface area contributed by atoms with Gasteiger partial charge in [0, 0.05) is 18.5 Å². The number of hydrogen-bond donors (Lipinski definition) is 2. The highest BCUT2D eigenvalue weighted by atomic mass is 19.3. The Balaban J connectivity index is 1.77. The molecule has 0 unspecified atom stereocenters. The number of nitrogens with one attached hydrogen (secondary N) is 1. The van der Waals surface area contributed by atoms with E-state index in [0.717, 1.165) is 18.4 Å². The number of rotatable bonds is 5. The normalized spacial score (nSPS) is 22.9. The van der Waals surface area contributed by atoms with E-state index in [1.165, 1.54) is 0 Å². The maximum atomic E-state index is 12.5. The van der Waals surface area contributed by atoms with Crippen molar-refractivity contribution in [2.24, 2.45) is 5.92 Å². The Labute approximate surface area is 117 Å². The van der Waals surface area contributed by atoms with Gasteiger partial charge in [-0.1, -0.05) is 12.1 Å². The summed E-state index contributed by atoms with van der Waals surface area (Å²) in [6.45, 7) is 0.643. The summed E-state index contributed by atoms with van der Waals surface area (Å²) in [7, 11) is 0. The van der Waals surface area contributed by atoms with Crippen molar-refractivity contribution in [2.75, 3.05) is 0 Å². The summed E-state index contributed by atoms with van der Waals surface area (Å²) in [5, 5.41) is 12.2. The van der Waals surface area contributed by atoms with Crippen LogP contribution in [0.1, 0.15) is 41.6 Å². The molecule has 0 aliphatic heterocycles. The molecule has 0 atom stereocenters. The number of benzene rings is 1. The molecule has 110 valence electrons. The van der Waals surface area contributed by atoms with E-state index < -0.39 is 18.3 Å². The fraction of sp³-hybridized carbons (Fsp3) is 0.533. The van der Waals surface area contributed by atoms with E-state index in [1.54, 1.807) is 24.3 Å². The molecule has 1 aliphatic rings. The van der Waals surface area contributed by atoms with Crippen LogP contribution >= 0.6 is 0 Å². The second kappa shape index (κ2) is 6.79. The third-order valence-corrected chi connectivity index (χ3v) is 3.92. The smallest absolute Gasteiger partial charge is 0.335 e. The van der Waals surface area contributed by atoms with Gasteiger partial charge in [-0.05, 0) is 43.4 Å². The van der Waals surface area contributed by atoms with Gasteiger partial charge in [-0.3, -0.25) is 0 Å². The Hall–Kier alpha value is -1.49. The Morgan fingerprint density at radius 2 is 1.80 bits per heavy atom. The maximum absolute atomic E-state index is 12.5. The first-order valence-electron chi connectivity index (χ1n) is 6.90. The van der Waals surface area contributed by atoms with Gasteiger partial charge in [-0.2, -0.15) is 0 Å². The minimum atomic E-state index is -2.19. The molecule has 2 N–H and O–H groups in total. The van der Waals surface area contributed by atoms with E-state index in [-0.39, 0.29) is 11.6 Å². The number of carbonyl (C=O) groups is 1. The van der Waals surface area contributed by atoms with Gasteiger partial charge in [0.15, 0.2) is 0 Å². The molecule has 0 heterocycles. The second-order valence-corrected chi connectivity index (χ2v) is 5.33. The molecule has 0 saturated heterocycles. The van der Waals surface area contributed by atoms with Gasteiger partial charge in [0.2, 0.25) is 6.43 Å². The fourth-order valence-corrected chi connectivity index (χ4v) is 2.60. The van der Waals surface area contributed by atoms with Gasteiger partial charge in [0.1, 0.15) is 0 Å². The number of aromatic carboxylic acids is 1. The molecule has 1 fully saturated rings. The van der Waals surface area contributed by atoms with Gasteiger partial charge >= 0.3 is 5.97 Å². The van der Waals surface area contributed by atoms with E-state index in [0.29, 0.717) is 19.4 Å². The van der Waals surface area contributed by atoms with E-state index in [9.17, 15) is 13.6 Å². The lowest BCUT2D eigenvalue weighted by Gasteiger charge is -2.28. The monoisotopic (exact) mass is 283 g/mol. The average Bonchev–Trinajstić information content (AvgIpc) is 2.46. The molecule has 2 rings (SSSR count). The zero-order valence-corrected chi connectivity index (χ0v) is 11.2. The van der Waals surface area contributed by atoms with Gasteiger partial charge in [0.25, 0.3) is 0 Å². The topological polar surface area (TPSA) is 49.3 Å². The highest BCUT2D eigenvalue weighted by Gasteiger charge is 2.26. The minimum absolute atomic E-state index is 0.270. The summed E-state index contributed by atoms with van der Waals surface area (Å²) >= 11 is 0. The first kappa shape index (κ1) is 14.9. The number of carboxylic acids is 1. The number of hydrogen-bond acceptors (Lipinski definition) is 2. The summed E-state index contributed by atoms with van der Waals surface area (Å²) in [6, 6.07) is 6.99. The van der Waals surface area contributed by atoms with Crippen LogP contribution in [0.15, 0.2) is 24.3 Å². The summed E-state index contributed by atoms with van der Waals surface area (Å²) in [5.41, 5.74) is 1.28. The Bertz CT molecular complexity index is 440. The number of halogens is 2. The van der Waals surface area contributed by atoms with Crippen molar-refractivity contribution in [3.63, 3.8) is 0 Å². The quantitative estimate of drug-likeness (QED) is 0.871. The molecule has 5 heteroatoms. The van der Waals surface area contributed by atoms with Crippen molar-refractivity contribution in [1.82, 2.24) is 5.32 Å². The molecule has 0 spiro atoms. The van der Waals surface area contributed by atoms with Crippen LogP contribution in [0.2, 0.25) is 0 Å². The lowest BCUT2D eigenvalue weighted by atomic mass is 9.86. The third kappa shape index (κ3) is 4.00. The summed E-state index contributed by atoms with van der Waals surface area (Å²) in [5.74, 6) is -1.38. The van der Waals surface area contributed by atoms with Crippen LogP contribution in [-0.2, 0) is 6.54 Å². The van der Waals surface area contributed by atoms with E-state index in [4.69, 9.17) is 5.11 Å². The summed E-state index contributed by atoms with van der Waals surface area (Å²) in [6.07, 6.45) is 0.518. The van der Waals surface area contributed by atoms with E-state index in [1.807, 2.05) is 0 Å². The van der Waals surface area contributed by atoms with Gasteiger partial charge in [-0.15, -0.1) is 0 Å². The molecule has 0 bridgehead atoms. The van der Waals surface area contributed by atoms with Crippen LogP contribution in [0.4, 0.5) is 8.78 Å². The molecule has 1 aliphatic carbocycles. The highest BCUT2D eigenvalue weighted by Crippen LogP contribution is 2.29. The van der Waals surface area contributed by atoms with E-state index >= 15 is 0 Å². The molecule has 1 aromatic rings. The third-order valence-electron chi connectivity index (χ3n) is 3.92. The predicted octanol–water partition coefficient (Wildman–Crippen LogP) is 3.30. The molecular formula is C15H19F2NO2. The fourth-order valence-electron chi connectivity index (χ4n) is 2.60. The molecule has 1 aromatic carbocycles. The lowest BCUT2D eigenvalue weighted by molar-refractivity contribution is 0.0505. The van der Waals surface area contributed by atoms with Crippen molar-refractivity contribution in [2.45, 2.75) is 44.7 Å². The standard InChI is InChI=1S/C15H19F2NO2/c16-14(17)11-5-7-13(8-6-11)18-9-10-1-3-12(4-2-10)15(19)20/h1-4,11,13-14,18H,5-9H2,(H,19,20). The van der Waals surface area contributed by atoms with Crippen LogP contribution in [0, 0.1) is 5.92 Å². The summed E-state index contributed by atoms with van der Waals surface area (Å²) in [4.78, 5) is 10.7. The van der Waals surface area contributed by atoms with E-state index in [2.05, 4.69) is 5.32 Å². The molecule has 3 nitrogen and oxygen atoms in total. The van der Waals surface area contributed by atoms with Crippen molar-refractivity contribution in [3.8, 4) is 0 Å². The Morgan fingerprint density at radius 3 is 2.30 bits per heavy atom. The molecule has 1 saturated carbocycles. The SMILES string of the molecule is O=C(O)c1ccc(CNC2CCC(C(F)F)CC2)cc1. The van der Waals surface area contributed by atoms with Crippen LogP contribution in [0.5, 0.6) is 0 Å². The van der Waals surface area contributed by atoms with Crippen LogP contribution in [-0.4, -0.2) is 23.5 Å². The van der Waals surface area contributed by atoms with Gasteiger partial charge in [-0.25, -0.2) is 13.6 Å². The summed E-state index contributed by atoms with van der Waals surface area (Å²) < 4.78 is 25.1. The molecular weight excluding hydrogens is 264 g/mol. The minimum Gasteiger partial charge on any atom is -0.478 e. The van der Waals surface area contributed by atoms with Crippen molar-refractivity contribution < 1.29 is 18.7 Å². The van der Waals surface area contributed by atoms with Gasteiger partial charge in [0.05, 0.1) is 5.56 Å². The zero-order valence-electron chi connectivity index (χ0n) is 11.2. The highest BCUT2D eigenvalue weighted by molar-refractivity contribution is 5.87. The zero-order chi connectivity index (χ0) is 14.5. The molecule has 0 amide bonds. The molecule has 20 heavy (non-hydrogen) atoms. The molecule has 0 radical (unpaired) electrons. The van der Waals surface area contributed by atoms with Crippen molar-refractivity contribution in [1.29, 1.82) is 0 Å². The number of carboxylic acid groups (broad SMARTS) is 1. The first-order valence-corrected chi connectivity index (χ1v) is 6.90.